The Morgan fingerprint density at radius 2 is 1.88 bits per heavy atom. The number of para-hydroxylation sites is 1. The van der Waals surface area contributed by atoms with E-state index in [1.54, 1.807) is 0 Å². The molecule has 2 amide bonds. The molecule has 1 aromatic heterocycles. The minimum absolute atomic E-state index is 0.105. The summed E-state index contributed by atoms with van der Waals surface area (Å²) >= 11 is 1.46. The second-order valence-electron chi connectivity index (χ2n) is 6.34. The molecular formula is C19H22N2O3S. The number of ether oxygens (including phenoxy) is 1. The number of anilines is 1. The molecule has 3 rings (SSSR count). The Morgan fingerprint density at radius 1 is 1.20 bits per heavy atom. The van der Waals surface area contributed by atoms with E-state index in [-0.39, 0.29) is 12.5 Å². The minimum Gasteiger partial charge on any atom is -0.483 e. The topological polar surface area (TPSA) is 81.4 Å². The molecule has 1 aliphatic rings. The van der Waals surface area contributed by atoms with Crippen molar-refractivity contribution in [2.45, 2.75) is 39.5 Å². The third-order valence-electron chi connectivity index (χ3n) is 4.43. The van der Waals surface area contributed by atoms with Gasteiger partial charge >= 0.3 is 0 Å². The van der Waals surface area contributed by atoms with Crippen molar-refractivity contribution in [3.63, 3.8) is 0 Å². The monoisotopic (exact) mass is 358 g/mol. The summed E-state index contributed by atoms with van der Waals surface area (Å²) in [4.78, 5) is 25.3. The van der Waals surface area contributed by atoms with Gasteiger partial charge in [0.2, 0.25) is 0 Å². The van der Waals surface area contributed by atoms with E-state index in [1.807, 2.05) is 32.0 Å². The van der Waals surface area contributed by atoms with Crippen molar-refractivity contribution in [1.82, 2.24) is 0 Å². The summed E-state index contributed by atoms with van der Waals surface area (Å²) in [6, 6.07) is 5.84. The zero-order valence-electron chi connectivity index (χ0n) is 14.5. The molecule has 0 spiro atoms. The molecule has 1 heterocycles. The zero-order chi connectivity index (χ0) is 18.0. The van der Waals surface area contributed by atoms with Crippen LogP contribution >= 0.6 is 11.3 Å². The van der Waals surface area contributed by atoms with Crippen molar-refractivity contribution in [1.29, 1.82) is 0 Å². The number of fused-ring (bicyclic) bond motifs is 1. The third-order valence-corrected chi connectivity index (χ3v) is 5.63. The molecule has 5 nitrogen and oxygen atoms in total. The molecular weight excluding hydrogens is 336 g/mol. The number of rotatable bonds is 5. The number of aryl methyl sites for hydroxylation is 3. The SMILES string of the molecule is Cc1cccc(C)c1OCC(=O)Nc1sc2c(c1C(N)=O)CCCC2. The zero-order valence-corrected chi connectivity index (χ0v) is 15.3. The number of primary amides is 1. The highest BCUT2D eigenvalue weighted by molar-refractivity contribution is 7.17. The number of benzene rings is 1. The first-order valence-corrected chi connectivity index (χ1v) is 9.22. The van der Waals surface area contributed by atoms with Crippen molar-refractivity contribution in [3.8, 4) is 5.75 Å². The Labute approximate surface area is 151 Å². The number of carbonyl (C=O) groups excluding carboxylic acids is 2. The van der Waals surface area contributed by atoms with Gasteiger partial charge in [-0.15, -0.1) is 11.3 Å². The predicted molar refractivity (Wildman–Crippen MR) is 99.5 cm³/mol. The number of amides is 2. The maximum absolute atomic E-state index is 12.3. The smallest absolute Gasteiger partial charge is 0.262 e. The third kappa shape index (κ3) is 3.69. The first kappa shape index (κ1) is 17.5. The largest absolute Gasteiger partial charge is 0.483 e. The van der Waals surface area contributed by atoms with Gasteiger partial charge in [0.15, 0.2) is 6.61 Å². The molecule has 1 aromatic carbocycles. The average Bonchev–Trinajstić information content (AvgIpc) is 2.92. The number of hydrogen-bond acceptors (Lipinski definition) is 4. The lowest BCUT2D eigenvalue weighted by atomic mass is 9.95. The maximum Gasteiger partial charge on any atom is 0.262 e. The molecule has 0 saturated heterocycles. The van der Waals surface area contributed by atoms with E-state index in [1.165, 1.54) is 11.3 Å². The maximum atomic E-state index is 12.3. The molecule has 25 heavy (non-hydrogen) atoms. The molecule has 0 fully saturated rings. The van der Waals surface area contributed by atoms with Crippen LogP contribution in [0.15, 0.2) is 18.2 Å². The van der Waals surface area contributed by atoms with Gasteiger partial charge in [-0.3, -0.25) is 9.59 Å². The van der Waals surface area contributed by atoms with Crippen LogP contribution in [0, 0.1) is 13.8 Å². The van der Waals surface area contributed by atoms with E-state index >= 15 is 0 Å². The molecule has 0 atom stereocenters. The van der Waals surface area contributed by atoms with Crippen LogP contribution in [0.25, 0.3) is 0 Å². The number of carbonyl (C=O) groups is 2. The summed E-state index contributed by atoms with van der Waals surface area (Å²) in [5.41, 5.74) is 9.00. The summed E-state index contributed by atoms with van der Waals surface area (Å²) in [5, 5.41) is 3.36. The molecule has 0 bridgehead atoms. The van der Waals surface area contributed by atoms with E-state index in [0.29, 0.717) is 10.6 Å². The van der Waals surface area contributed by atoms with Crippen molar-refractivity contribution in [3.05, 3.63) is 45.3 Å². The second kappa shape index (κ2) is 7.27. The number of nitrogens with two attached hydrogens (primary N) is 1. The molecule has 6 heteroatoms. The Morgan fingerprint density at radius 3 is 2.56 bits per heavy atom. The normalized spacial score (nSPS) is 13.2. The highest BCUT2D eigenvalue weighted by Crippen LogP contribution is 2.37. The van der Waals surface area contributed by atoms with Crippen LogP contribution in [0.3, 0.4) is 0 Å². The van der Waals surface area contributed by atoms with Crippen molar-refractivity contribution >= 4 is 28.2 Å². The van der Waals surface area contributed by atoms with Gasteiger partial charge in [-0.25, -0.2) is 0 Å². The average molecular weight is 358 g/mol. The summed E-state index contributed by atoms with van der Waals surface area (Å²) in [6.07, 6.45) is 3.94. The van der Waals surface area contributed by atoms with Crippen molar-refractivity contribution in [2.24, 2.45) is 5.73 Å². The Bertz CT molecular complexity index is 806. The fraction of sp³-hybridized carbons (Fsp3) is 0.368. The lowest BCUT2D eigenvalue weighted by Crippen LogP contribution is -2.22. The highest BCUT2D eigenvalue weighted by atomic mass is 32.1. The Balaban J connectivity index is 1.73. The van der Waals surface area contributed by atoms with E-state index < -0.39 is 5.91 Å². The van der Waals surface area contributed by atoms with Crippen molar-refractivity contribution < 1.29 is 14.3 Å². The van der Waals surface area contributed by atoms with Gasteiger partial charge in [0.05, 0.1) is 5.56 Å². The number of hydrogen-bond donors (Lipinski definition) is 2. The first-order chi connectivity index (χ1) is 12.0. The fourth-order valence-corrected chi connectivity index (χ4v) is 4.55. The van der Waals surface area contributed by atoms with Crippen LogP contribution in [0.2, 0.25) is 0 Å². The lowest BCUT2D eigenvalue weighted by molar-refractivity contribution is -0.118. The molecule has 0 aliphatic heterocycles. The molecule has 1 aliphatic carbocycles. The Kier molecular flexibility index (Phi) is 5.08. The highest BCUT2D eigenvalue weighted by Gasteiger charge is 2.25. The molecule has 0 radical (unpaired) electrons. The standard InChI is InChI=1S/C19H22N2O3S/c1-11-6-5-7-12(2)17(11)24-10-15(22)21-19-16(18(20)23)13-8-3-4-9-14(13)25-19/h5-7H,3-4,8-10H2,1-2H3,(H2,20,23)(H,21,22). The van der Waals surface area contributed by atoms with E-state index in [9.17, 15) is 9.59 Å². The fourth-order valence-electron chi connectivity index (χ4n) is 3.24. The van der Waals surface area contributed by atoms with Gasteiger partial charge in [0.25, 0.3) is 11.8 Å². The summed E-state index contributed by atoms with van der Waals surface area (Å²) in [5.74, 6) is -0.0487. The molecule has 0 unspecified atom stereocenters. The van der Waals surface area contributed by atoms with Crippen LogP contribution in [-0.2, 0) is 17.6 Å². The molecule has 3 N–H and O–H groups in total. The van der Waals surface area contributed by atoms with Gasteiger partial charge in [-0.2, -0.15) is 0 Å². The van der Waals surface area contributed by atoms with Crippen LogP contribution in [-0.4, -0.2) is 18.4 Å². The number of nitrogens with one attached hydrogen (secondary N) is 1. The quantitative estimate of drug-likeness (QED) is 0.860. The summed E-state index contributed by atoms with van der Waals surface area (Å²) < 4.78 is 5.68. The molecule has 132 valence electrons. The van der Waals surface area contributed by atoms with E-state index in [4.69, 9.17) is 10.5 Å². The van der Waals surface area contributed by atoms with Crippen LogP contribution < -0.4 is 15.8 Å². The van der Waals surface area contributed by atoms with E-state index in [2.05, 4.69) is 5.32 Å². The first-order valence-electron chi connectivity index (χ1n) is 8.40. The Hall–Kier alpha value is -2.34. The second-order valence-corrected chi connectivity index (χ2v) is 7.44. The van der Waals surface area contributed by atoms with Crippen LogP contribution in [0.4, 0.5) is 5.00 Å². The summed E-state index contributed by atoms with van der Waals surface area (Å²) in [7, 11) is 0. The van der Waals surface area contributed by atoms with Gasteiger partial charge in [0, 0.05) is 4.88 Å². The molecule has 0 saturated carbocycles. The van der Waals surface area contributed by atoms with Crippen LogP contribution in [0.1, 0.15) is 44.8 Å². The lowest BCUT2D eigenvalue weighted by Gasteiger charge is -2.12. The van der Waals surface area contributed by atoms with Gasteiger partial charge in [0.1, 0.15) is 10.8 Å². The van der Waals surface area contributed by atoms with Gasteiger partial charge in [-0.1, -0.05) is 18.2 Å². The predicted octanol–water partition coefficient (Wildman–Crippen LogP) is 3.36. The van der Waals surface area contributed by atoms with Crippen molar-refractivity contribution in [2.75, 3.05) is 11.9 Å². The summed E-state index contributed by atoms with van der Waals surface area (Å²) in [6.45, 7) is 3.78. The molecule has 2 aromatic rings. The minimum atomic E-state index is -0.481. The van der Waals surface area contributed by atoms with Crippen LogP contribution in [0.5, 0.6) is 5.75 Å². The van der Waals surface area contributed by atoms with Gasteiger partial charge in [-0.05, 0) is 56.2 Å². The van der Waals surface area contributed by atoms with E-state index in [0.717, 1.165) is 53.0 Å². The number of thiophene rings is 1. The van der Waals surface area contributed by atoms with Gasteiger partial charge < -0.3 is 15.8 Å².